The number of pyridine rings is 1. The van der Waals surface area contributed by atoms with Gasteiger partial charge in [0, 0.05) is 22.7 Å². The number of halogens is 2. The van der Waals surface area contributed by atoms with Gasteiger partial charge in [-0.1, -0.05) is 54.7 Å². The maximum atomic E-state index is 11.8. The van der Waals surface area contributed by atoms with Gasteiger partial charge in [-0.25, -0.2) is 9.78 Å². The van der Waals surface area contributed by atoms with Crippen molar-refractivity contribution in [2.45, 2.75) is 33.3 Å². The van der Waals surface area contributed by atoms with E-state index in [1.165, 1.54) is 6.08 Å². The van der Waals surface area contributed by atoms with E-state index in [9.17, 15) is 4.79 Å². The molecular formula is C26H25Cl2NO4. The zero-order chi connectivity index (χ0) is 23.6. The molecule has 7 heteroatoms. The van der Waals surface area contributed by atoms with Crippen LogP contribution in [0.2, 0.25) is 10.0 Å². The number of rotatable bonds is 10. The molecule has 0 atom stereocenters. The molecule has 0 aliphatic heterocycles. The summed E-state index contributed by atoms with van der Waals surface area (Å²) < 4.78 is 16.7. The summed E-state index contributed by atoms with van der Waals surface area (Å²) in [4.78, 5) is 16.1. The summed E-state index contributed by atoms with van der Waals surface area (Å²) in [6.45, 7) is 4.71. The molecule has 0 aliphatic carbocycles. The van der Waals surface area contributed by atoms with E-state index in [-0.39, 0.29) is 5.97 Å². The summed E-state index contributed by atoms with van der Waals surface area (Å²) in [5, 5.41) is 1.06. The number of hydrogen-bond donors (Lipinski definition) is 0. The second-order valence-corrected chi connectivity index (χ2v) is 8.12. The number of unbranched alkanes of at least 4 members (excludes halogenated alkanes) is 1. The Bertz CT molecular complexity index is 1110. The van der Waals surface area contributed by atoms with Gasteiger partial charge in [0.1, 0.15) is 18.1 Å². The number of ether oxygens (including phenoxy) is 3. The summed E-state index contributed by atoms with van der Waals surface area (Å²) in [5.41, 5.74) is 2.59. The lowest BCUT2D eigenvalue weighted by Gasteiger charge is -2.11. The Morgan fingerprint density at radius 2 is 1.91 bits per heavy atom. The number of carbonyl (C=O) groups excluding carboxylic acids is 1. The monoisotopic (exact) mass is 485 g/mol. The number of aryl methyl sites for hydroxylation is 1. The Morgan fingerprint density at radius 3 is 2.64 bits per heavy atom. The number of aromatic nitrogens is 1. The fourth-order valence-corrected chi connectivity index (χ4v) is 3.25. The first-order chi connectivity index (χ1) is 16.0. The molecule has 2 aromatic carbocycles. The van der Waals surface area contributed by atoms with Crippen LogP contribution in [0.15, 0.2) is 60.8 Å². The van der Waals surface area contributed by atoms with Crippen LogP contribution in [-0.4, -0.2) is 17.6 Å². The van der Waals surface area contributed by atoms with Gasteiger partial charge in [-0.15, -0.1) is 0 Å². The quantitative estimate of drug-likeness (QED) is 0.170. The van der Waals surface area contributed by atoms with Gasteiger partial charge in [0.05, 0.1) is 17.8 Å². The average molecular weight is 486 g/mol. The number of esters is 1. The molecule has 0 spiro atoms. The summed E-state index contributed by atoms with van der Waals surface area (Å²) in [6.07, 6.45) is 6.48. The van der Waals surface area contributed by atoms with E-state index < -0.39 is 0 Å². The van der Waals surface area contributed by atoms with Crippen LogP contribution in [0.3, 0.4) is 0 Å². The summed E-state index contributed by atoms with van der Waals surface area (Å²) >= 11 is 12.5. The Labute approximate surface area is 203 Å². The van der Waals surface area contributed by atoms with Crippen molar-refractivity contribution in [3.05, 3.63) is 87.5 Å². The molecule has 0 N–H and O–H groups in total. The first kappa shape index (κ1) is 24.6. The fourth-order valence-electron chi connectivity index (χ4n) is 2.85. The minimum atomic E-state index is -0.375. The summed E-state index contributed by atoms with van der Waals surface area (Å²) in [6, 6.07) is 14.5. The van der Waals surface area contributed by atoms with E-state index in [0.717, 1.165) is 29.5 Å². The maximum Gasteiger partial charge on any atom is 0.330 e. The van der Waals surface area contributed by atoms with Gasteiger partial charge in [-0.2, -0.15) is 0 Å². The Kier molecular flexibility index (Phi) is 9.16. The SMILES string of the molecule is CCCCOC(=O)/C=C/c1cc(Cl)c(Oc2ccc(OCc3ccccc3Cl)cn2)cc1C. The van der Waals surface area contributed by atoms with Crippen LogP contribution in [-0.2, 0) is 16.1 Å². The molecule has 0 saturated carbocycles. The van der Waals surface area contributed by atoms with E-state index in [1.54, 1.807) is 36.5 Å². The first-order valence-electron chi connectivity index (χ1n) is 10.6. The Balaban J connectivity index is 1.60. The Morgan fingerprint density at radius 1 is 1.09 bits per heavy atom. The molecule has 172 valence electrons. The van der Waals surface area contributed by atoms with Crippen LogP contribution in [0.4, 0.5) is 0 Å². The minimum Gasteiger partial charge on any atom is -0.487 e. The highest BCUT2D eigenvalue weighted by molar-refractivity contribution is 6.32. The molecule has 0 bridgehead atoms. The highest BCUT2D eigenvalue weighted by Gasteiger charge is 2.09. The van der Waals surface area contributed by atoms with Gasteiger partial charge in [0.25, 0.3) is 0 Å². The lowest BCUT2D eigenvalue weighted by atomic mass is 10.1. The van der Waals surface area contributed by atoms with Crippen molar-refractivity contribution in [1.29, 1.82) is 0 Å². The molecule has 3 aromatic rings. The van der Waals surface area contributed by atoms with Gasteiger partial charge in [-0.05, 0) is 54.8 Å². The molecule has 0 amide bonds. The van der Waals surface area contributed by atoms with Gasteiger partial charge in [-0.3, -0.25) is 0 Å². The van der Waals surface area contributed by atoms with Gasteiger partial charge in [0.15, 0.2) is 0 Å². The van der Waals surface area contributed by atoms with Crippen molar-refractivity contribution in [3.8, 4) is 17.4 Å². The third-order valence-corrected chi connectivity index (χ3v) is 5.40. The molecule has 0 radical (unpaired) electrons. The minimum absolute atomic E-state index is 0.341. The predicted octanol–water partition coefficient (Wildman–Crippen LogP) is 7.42. The zero-order valence-corrected chi connectivity index (χ0v) is 20.0. The highest BCUT2D eigenvalue weighted by Crippen LogP contribution is 2.32. The molecule has 33 heavy (non-hydrogen) atoms. The van der Waals surface area contributed by atoms with Crippen LogP contribution in [0.5, 0.6) is 17.4 Å². The van der Waals surface area contributed by atoms with Gasteiger partial charge >= 0.3 is 5.97 Å². The van der Waals surface area contributed by atoms with Crippen molar-refractivity contribution in [3.63, 3.8) is 0 Å². The Hall–Kier alpha value is -3.02. The van der Waals surface area contributed by atoms with Crippen LogP contribution >= 0.6 is 23.2 Å². The molecule has 0 aliphatic rings. The van der Waals surface area contributed by atoms with Crippen molar-refractivity contribution >= 4 is 35.2 Å². The molecule has 0 unspecified atom stereocenters. The summed E-state index contributed by atoms with van der Waals surface area (Å²) in [7, 11) is 0. The molecule has 0 fully saturated rings. The van der Waals surface area contributed by atoms with Gasteiger partial charge < -0.3 is 14.2 Å². The molecular weight excluding hydrogens is 461 g/mol. The number of hydrogen-bond acceptors (Lipinski definition) is 5. The van der Waals surface area contributed by atoms with E-state index in [0.29, 0.717) is 40.6 Å². The molecule has 1 heterocycles. The second kappa shape index (κ2) is 12.3. The van der Waals surface area contributed by atoms with Crippen LogP contribution in [0, 0.1) is 6.92 Å². The lowest BCUT2D eigenvalue weighted by molar-refractivity contribution is -0.137. The van der Waals surface area contributed by atoms with E-state index in [1.807, 2.05) is 38.1 Å². The van der Waals surface area contributed by atoms with Crippen LogP contribution in [0.25, 0.3) is 6.08 Å². The summed E-state index contributed by atoms with van der Waals surface area (Å²) in [5.74, 6) is 1.06. The van der Waals surface area contributed by atoms with Crippen molar-refractivity contribution in [2.24, 2.45) is 0 Å². The largest absolute Gasteiger partial charge is 0.487 e. The van der Waals surface area contributed by atoms with Crippen molar-refractivity contribution < 1.29 is 19.0 Å². The van der Waals surface area contributed by atoms with E-state index in [2.05, 4.69) is 4.98 Å². The average Bonchev–Trinajstić information content (AvgIpc) is 2.81. The standard InChI is InChI=1S/C26H25Cl2NO4/c1-3-4-13-31-26(30)12-9-19-15-23(28)24(14-18(19)2)33-25-11-10-21(16-29-25)32-17-20-7-5-6-8-22(20)27/h5-12,14-16H,3-4,13,17H2,1-2H3/b12-9+. The second-order valence-electron chi connectivity index (χ2n) is 7.31. The van der Waals surface area contributed by atoms with E-state index in [4.69, 9.17) is 37.4 Å². The third-order valence-electron chi connectivity index (χ3n) is 4.74. The topological polar surface area (TPSA) is 57.7 Å². The van der Waals surface area contributed by atoms with Crippen molar-refractivity contribution in [1.82, 2.24) is 4.98 Å². The number of benzene rings is 2. The lowest BCUT2D eigenvalue weighted by Crippen LogP contribution is -2.01. The normalized spacial score (nSPS) is 10.9. The smallest absolute Gasteiger partial charge is 0.330 e. The van der Waals surface area contributed by atoms with Crippen molar-refractivity contribution in [2.75, 3.05) is 6.61 Å². The maximum absolute atomic E-state index is 11.8. The number of nitrogens with zero attached hydrogens (tertiary/aromatic N) is 1. The zero-order valence-electron chi connectivity index (χ0n) is 18.5. The van der Waals surface area contributed by atoms with Crippen LogP contribution in [0.1, 0.15) is 36.5 Å². The third kappa shape index (κ3) is 7.52. The molecule has 0 saturated heterocycles. The van der Waals surface area contributed by atoms with Crippen LogP contribution < -0.4 is 9.47 Å². The van der Waals surface area contributed by atoms with E-state index >= 15 is 0 Å². The molecule has 3 rings (SSSR count). The highest BCUT2D eigenvalue weighted by atomic mass is 35.5. The molecule has 1 aromatic heterocycles. The molecule has 5 nitrogen and oxygen atoms in total. The predicted molar refractivity (Wildman–Crippen MR) is 131 cm³/mol. The number of carbonyl (C=O) groups is 1. The first-order valence-corrected chi connectivity index (χ1v) is 11.4. The van der Waals surface area contributed by atoms with Gasteiger partial charge in [0.2, 0.25) is 5.88 Å². The fraction of sp³-hybridized carbons (Fsp3) is 0.231.